The van der Waals surface area contributed by atoms with Gasteiger partial charge in [-0.25, -0.2) is 0 Å². The van der Waals surface area contributed by atoms with Crippen LogP contribution in [-0.4, -0.2) is 24.4 Å². The summed E-state index contributed by atoms with van der Waals surface area (Å²) in [5, 5.41) is 3.29. The molecule has 2 aromatic rings. The van der Waals surface area contributed by atoms with E-state index >= 15 is 0 Å². The van der Waals surface area contributed by atoms with Crippen LogP contribution >= 0.6 is 0 Å². The second-order valence-corrected chi connectivity index (χ2v) is 5.21. The highest BCUT2D eigenvalue weighted by Crippen LogP contribution is 2.18. The molecule has 0 atom stereocenters. The molecule has 21 heavy (non-hydrogen) atoms. The number of rotatable bonds is 5. The molecular weight excluding hydrogens is 260 g/mol. The highest BCUT2D eigenvalue weighted by molar-refractivity contribution is 5.94. The van der Waals surface area contributed by atoms with Gasteiger partial charge in [-0.1, -0.05) is 30.3 Å². The molecule has 0 heterocycles. The first-order chi connectivity index (χ1) is 10.1. The van der Waals surface area contributed by atoms with Crippen molar-refractivity contribution in [3.05, 3.63) is 65.2 Å². The fraction of sp³-hybridized carbons (Fsp3) is 0.278. The summed E-state index contributed by atoms with van der Waals surface area (Å²) in [6.45, 7) is 5.58. The third-order valence-electron chi connectivity index (χ3n) is 3.45. The number of hydrogen-bond donors (Lipinski definition) is 1. The third kappa shape index (κ3) is 3.85. The predicted molar refractivity (Wildman–Crippen MR) is 87.6 cm³/mol. The van der Waals surface area contributed by atoms with Crippen molar-refractivity contribution in [3.63, 3.8) is 0 Å². The smallest absolute Gasteiger partial charge is 0.253 e. The van der Waals surface area contributed by atoms with Gasteiger partial charge in [-0.05, 0) is 43.2 Å². The predicted octanol–water partition coefficient (Wildman–Crippen LogP) is 3.70. The highest BCUT2D eigenvalue weighted by Gasteiger charge is 2.13. The standard InChI is InChI=1S/C18H22N2O/c1-4-19-17-11-10-16(12-14(17)2)18(21)20(3)13-15-8-6-5-7-9-15/h5-12,19H,4,13H2,1-3H3. The number of nitrogens with zero attached hydrogens (tertiary/aromatic N) is 1. The molecule has 1 N–H and O–H groups in total. The molecule has 0 unspecified atom stereocenters. The number of nitrogens with one attached hydrogen (secondary N) is 1. The molecule has 3 heteroatoms. The molecule has 0 radical (unpaired) electrons. The maximum absolute atomic E-state index is 12.5. The van der Waals surface area contributed by atoms with E-state index < -0.39 is 0 Å². The SMILES string of the molecule is CCNc1ccc(C(=O)N(C)Cc2ccccc2)cc1C. The van der Waals surface area contributed by atoms with Crippen molar-refractivity contribution >= 4 is 11.6 Å². The number of aryl methyl sites for hydroxylation is 1. The van der Waals surface area contributed by atoms with Gasteiger partial charge < -0.3 is 10.2 Å². The van der Waals surface area contributed by atoms with E-state index in [0.29, 0.717) is 6.54 Å². The summed E-state index contributed by atoms with van der Waals surface area (Å²) in [5.74, 6) is 0.0463. The van der Waals surface area contributed by atoms with E-state index in [4.69, 9.17) is 0 Å². The molecule has 1 amide bonds. The first-order valence-electron chi connectivity index (χ1n) is 7.25. The Balaban J connectivity index is 2.10. The summed E-state index contributed by atoms with van der Waals surface area (Å²) in [6, 6.07) is 15.8. The first kappa shape index (κ1) is 15.1. The minimum atomic E-state index is 0.0463. The molecule has 0 bridgehead atoms. The van der Waals surface area contributed by atoms with E-state index in [1.165, 1.54) is 0 Å². The van der Waals surface area contributed by atoms with Gasteiger partial charge >= 0.3 is 0 Å². The molecule has 0 aliphatic heterocycles. The first-order valence-corrected chi connectivity index (χ1v) is 7.25. The van der Waals surface area contributed by atoms with Gasteiger partial charge in [0.1, 0.15) is 0 Å². The van der Waals surface area contributed by atoms with Gasteiger partial charge in [0, 0.05) is 31.4 Å². The molecule has 0 saturated heterocycles. The summed E-state index contributed by atoms with van der Waals surface area (Å²) < 4.78 is 0. The van der Waals surface area contributed by atoms with Crippen molar-refractivity contribution < 1.29 is 4.79 Å². The van der Waals surface area contributed by atoms with Crippen LogP contribution in [0.1, 0.15) is 28.4 Å². The van der Waals surface area contributed by atoms with Crippen LogP contribution in [0.5, 0.6) is 0 Å². The minimum Gasteiger partial charge on any atom is -0.385 e. The Morgan fingerprint density at radius 2 is 1.86 bits per heavy atom. The maximum Gasteiger partial charge on any atom is 0.253 e. The second kappa shape index (κ2) is 6.93. The topological polar surface area (TPSA) is 32.3 Å². The van der Waals surface area contributed by atoms with Crippen molar-refractivity contribution in [2.45, 2.75) is 20.4 Å². The molecular formula is C18H22N2O. The van der Waals surface area contributed by atoms with E-state index in [2.05, 4.69) is 12.2 Å². The lowest BCUT2D eigenvalue weighted by atomic mass is 10.1. The molecule has 3 nitrogen and oxygen atoms in total. The van der Waals surface area contributed by atoms with Gasteiger partial charge in [-0.15, -0.1) is 0 Å². The number of hydrogen-bond acceptors (Lipinski definition) is 2. The van der Waals surface area contributed by atoms with Crippen molar-refractivity contribution in [1.82, 2.24) is 4.90 Å². The van der Waals surface area contributed by atoms with Crippen LogP contribution < -0.4 is 5.32 Å². The van der Waals surface area contributed by atoms with Crippen molar-refractivity contribution in [3.8, 4) is 0 Å². The number of benzene rings is 2. The van der Waals surface area contributed by atoms with Crippen LogP contribution in [0.15, 0.2) is 48.5 Å². The lowest BCUT2D eigenvalue weighted by molar-refractivity contribution is 0.0785. The molecule has 0 aromatic heterocycles. The molecule has 0 aliphatic carbocycles. The van der Waals surface area contributed by atoms with Crippen LogP contribution in [0, 0.1) is 6.92 Å². The zero-order valence-corrected chi connectivity index (χ0v) is 12.9. The Labute approximate surface area is 126 Å². The molecule has 2 rings (SSSR count). The molecule has 0 spiro atoms. The van der Waals surface area contributed by atoms with Crippen molar-refractivity contribution in [1.29, 1.82) is 0 Å². The monoisotopic (exact) mass is 282 g/mol. The summed E-state index contributed by atoms with van der Waals surface area (Å²) in [5.41, 5.74) is 4.04. The Kier molecular flexibility index (Phi) is 4.99. The van der Waals surface area contributed by atoms with Gasteiger partial charge in [0.05, 0.1) is 0 Å². The van der Waals surface area contributed by atoms with Crippen LogP contribution in [0.2, 0.25) is 0 Å². The van der Waals surface area contributed by atoms with Gasteiger partial charge in [0.2, 0.25) is 0 Å². The van der Waals surface area contributed by atoms with Gasteiger partial charge in [-0.2, -0.15) is 0 Å². The quantitative estimate of drug-likeness (QED) is 0.907. The van der Waals surface area contributed by atoms with Crippen LogP contribution in [-0.2, 0) is 6.54 Å². The number of carbonyl (C=O) groups is 1. The Morgan fingerprint density at radius 1 is 1.14 bits per heavy atom. The summed E-state index contributed by atoms with van der Waals surface area (Å²) in [7, 11) is 1.84. The summed E-state index contributed by atoms with van der Waals surface area (Å²) in [6.07, 6.45) is 0. The Hall–Kier alpha value is -2.29. The third-order valence-corrected chi connectivity index (χ3v) is 3.45. The van der Waals surface area contributed by atoms with E-state index in [-0.39, 0.29) is 5.91 Å². The van der Waals surface area contributed by atoms with Gasteiger partial charge in [0.25, 0.3) is 5.91 Å². The Morgan fingerprint density at radius 3 is 2.48 bits per heavy atom. The van der Waals surface area contributed by atoms with Crippen molar-refractivity contribution in [2.24, 2.45) is 0 Å². The highest BCUT2D eigenvalue weighted by atomic mass is 16.2. The number of carbonyl (C=O) groups excluding carboxylic acids is 1. The fourth-order valence-corrected chi connectivity index (χ4v) is 2.33. The lowest BCUT2D eigenvalue weighted by Gasteiger charge is -2.18. The van der Waals surface area contributed by atoms with Gasteiger partial charge in [0.15, 0.2) is 0 Å². The van der Waals surface area contributed by atoms with E-state index in [1.807, 2.05) is 62.5 Å². The Bertz CT molecular complexity index is 608. The lowest BCUT2D eigenvalue weighted by Crippen LogP contribution is -2.26. The average Bonchev–Trinajstić information content (AvgIpc) is 2.49. The zero-order chi connectivity index (χ0) is 15.2. The van der Waals surface area contributed by atoms with Crippen molar-refractivity contribution in [2.75, 3.05) is 18.9 Å². The summed E-state index contributed by atoms with van der Waals surface area (Å²) in [4.78, 5) is 14.2. The summed E-state index contributed by atoms with van der Waals surface area (Å²) >= 11 is 0. The molecule has 0 aliphatic rings. The van der Waals surface area contributed by atoms with E-state index in [1.54, 1.807) is 4.90 Å². The molecule has 110 valence electrons. The molecule has 2 aromatic carbocycles. The number of amides is 1. The molecule has 0 fully saturated rings. The second-order valence-electron chi connectivity index (χ2n) is 5.21. The van der Waals surface area contributed by atoms with E-state index in [0.717, 1.165) is 28.9 Å². The largest absolute Gasteiger partial charge is 0.385 e. The van der Waals surface area contributed by atoms with Crippen LogP contribution in [0.3, 0.4) is 0 Å². The fourth-order valence-electron chi connectivity index (χ4n) is 2.33. The maximum atomic E-state index is 12.5. The normalized spacial score (nSPS) is 10.2. The average molecular weight is 282 g/mol. The molecule has 0 saturated carbocycles. The zero-order valence-electron chi connectivity index (χ0n) is 12.9. The van der Waals surface area contributed by atoms with E-state index in [9.17, 15) is 4.79 Å². The minimum absolute atomic E-state index is 0.0463. The van der Waals surface area contributed by atoms with Crippen LogP contribution in [0.4, 0.5) is 5.69 Å². The van der Waals surface area contributed by atoms with Gasteiger partial charge in [-0.3, -0.25) is 4.79 Å². The number of anilines is 1. The van der Waals surface area contributed by atoms with Crippen LogP contribution in [0.25, 0.3) is 0 Å².